The van der Waals surface area contributed by atoms with E-state index in [0.29, 0.717) is 32.0 Å². The van der Waals surface area contributed by atoms with Crippen LogP contribution in [0.2, 0.25) is 0 Å². The average Bonchev–Trinajstić information content (AvgIpc) is 2.97. The lowest BCUT2D eigenvalue weighted by Crippen LogP contribution is -2.43. The molecule has 0 bridgehead atoms. The van der Waals surface area contributed by atoms with Crippen molar-refractivity contribution < 1.29 is 22.7 Å². The molecule has 0 unspecified atom stereocenters. The van der Waals surface area contributed by atoms with Crippen LogP contribution in [-0.2, 0) is 10.9 Å². The smallest absolute Gasteiger partial charge is 0.416 e. The van der Waals surface area contributed by atoms with Gasteiger partial charge < -0.3 is 14.5 Å². The Balaban J connectivity index is 1.60. The molecular weight excluding hydrogens is 359 g/mol. The van der Waals surface area contributed by atoms with Gasteiger partial charge in [0.05, 0.1) is 5.56 Å². The second-order valence-electron chi connectivity index (χ2n) is 8.54. The summed E-state index contributed by atoms with van der Waals surface area (Å²) < 4.78 is 44.2. The molecular formula is C19H26F3N3O2. The summed E-state index contributed by atoms with van der Waals surface area (Å²) in [5.74, 6) is 0.363. The van der Waals surface area contributed by atoms with Crippen molar-refractivity contribution in [2.45, 2.75) is 51.8 Å². The summed E-state index contributed by atoms with van der Waals surface area (Å²) in [5.41, 5.74) is -1.18. The van der Waals surface area contributed by atoms with E-state index >= 15 is 0 Å². The fourth-order valence-corrected chi connectivity index (χ4v) is 3.80. The quantitative estimate of drug-likeness (QED) is 0.722. The average molecular weight is 385 g/mol. The first kappa shape index (κ1) is 19.8. The van der Waals surface area contributed by atoms with E-state index in [9.17, 15) is 18.0 Å². The molecule has 1 aromatic rings. The van der Waals surface area contributed by atoms with Gasteiger partial charge in [-0.05, 0) is 57.6 Å². The van der Waals surface area contributed by atoms with Crippen molar-refractivity contribution in [2.24, 2.45) is 5.41 Å². The second-order valence-corrected chi connectivity index (χ2v) is 8.54. The molecule has 2 fully saturated rings. The number of likely N-dealkylation sites (tertiary alicyclic amines) is 1. The summed E-state index contributed by atoms with van der Waals surface area (Å²) in [4.78, 5) is 20.1. The molecule has 3 rings (SSSR count). The highest BCUT2D eigenvalue weighted by Gasteiger charge is 2.43. The third-order valence-electron chi connectivity index (χ3n) is 5.31. The number of halogens is 3. The molecule has 2 aliphatic heterocycles. The van der Waals surface area contributed by atoms with Gasteiger partial charge in [-0.25, -0.2) is 9.78 Å². The van der Waals surface area contributed by atoms with Gasteiger partial charge in [0.25, 0.3) is 0 Å². The topological polar surface area (TPSA) is 45.7 Å². The number of anilines is 1. The molecule has 0 atom stereocenters. The van der Waals surface area contributed by atoms with Crippen LogP contribution in [0.4, 0.5) is 23.8 Å². The van der Waals surface area contributed by atoms with E-state index in [-0.39, 0.29) is 11.5 Å². The fraction of sp³-hybridized carbons (Fsp3) is 0.684. The number of pyridine rings is 1. The molecule has 150 valence electrons. The van der Waals surface area contributed by atoms with Crippen LogP contribution >= 0.6 is 0 Å². The molecule has 8 heteroatoms. The highest BCUT2D eigenvalue weighted by atomic mass is 19.4. The SMILES string of the molecule is CC(C)(C)OC(=O)N1CCC2(CCN(c3cc(C(F)(F)F)ccn3)CC2)C1. The van der Waals surface area contributed by atoms with Crippen LogP contribution in [0, 0.1) is 5.41 Å². The number of carbonyl (C=O) groups excluding carboxylic acids is 1. The van der Waals surface area contributed by atoms with E-state index in [1.165, 1.54) is 6.20 Å². The molecule has 1 spiro atoms. The van der Waals surface area contributed by atoms with Crippen LogP contribution in [0.1, 0.15) is 45.6 Å². The lowest BCUT2D eigenvalue weighted by atomic mass is 9.78. The van der Waals surface area contributed by atoms with Crippen LogP contribution in [0.3, 0.4) is 0 Å². The Bertz CT molecular complexity index is 692. The molecule has 2 aliphatic rings. The maximum absolute atomic E-state index is 12.9. The van der Waals surface area contributed by atoms with Crippen LogP contribution in [0.15, 0.2) is 18.3 Å². The summed E-state index contributed by atoms with van der Waals surface area (Å²) in [5, 5.41) is 0. The zero-order valence-electron chi connectivity index (χ0n) is 16.0. The van der Waals surface area contributed by atoms with Crippen LogP contribution in [-0.4, -0.2) is 47.8 Å². The summed E-state index contributed by atoms with van der Waals surface area (Å²) in [7, 11) is 0. The van der Waals surface area contributed by atoms with Gasteiger partial charge in [0.1, 0.15) is 11.4 Å². The monoisotopic (exact) mass is 385 g/mol. The van der Waals surface area contributed by atoms with E-state index < -0.39 is 17.3 Å². The Labute approximate surface area is 157 Å². The molecule has 0 aliphatic carbocycles. The van der Waals surface area contributed by atoms with Gasteiger partial charge in [0.15, 0.2) is 0 Å². The first-order valence-electron chi connectivity index (χ1n) is 9.24. The van der Waals surface area contributed by atoms with Gasteiger partial charge in [-0.3, -0.25) is 0 Å². The minimum absolute atomic E-state index is 0.0229. The maximum atomic E-state index is 12.9. The number of piperidine rings is 1. The van der Waals surface area contributed by atoms with Crippen molar-refractivity contribution in [1.29, 1.82) is 0 Å². The van der Waals surface area contributed by atoms with Crippen molar-refractivity contribution in [3.63, 3.8) is 0 Å². The van der Waals surface area contributed by atoms with Gasteiger partial charge in [-0.2, -0.15) is 13.2 Å². The Kier molecular flexibility index (Phi) is 5.03. The number of ether oxygens (including phenoxy) is 1. The van der Waals surface area contributed by atoms with Crippen molar-refractivity contribution in [3.05, 3.63) is 23.9 Å². The maximum Gasteiger partial charge on any atom is 0.416 e. The van der Waals surface area contributed by atoms with Gasteiger partial charge in [-0.15, -0.1) is 0 Å². The molecule has 0 saturated carbocycles. The predicted molar refractivity (Wildman–Crippen MR) is 95.5 cm³/mol. The van der Waals surface area contributed by atoms with Crippen molar-refractivity contribution in [2.75, 3.05) is 31.1 Å². The number of aromatic nitrogens is 1. The molecule has 3 heterocycles. The van der Waals surface area contributed by atoms with E-state index in [4.69, 9.17) is 4.74 Å². The van der Waals surface area contributed by atoms with E-state index in [1.807, 2.05) is 25.7 Å². The Morgan fingerprint density at radius 2 is 1.78 bits per heavy atom. The molecule has 27 heavy (non-hydrogen) atoms. The number of rotatable bonds is 1. The number of alkyl halides is 3. The number of carbonyl (C=O) groups is 1. The number of hydrogen-bond acceptors (Lipinski definition) is 4. The van der Waals surface area contributed by atoms with Gasteiger partial charge in [-0.1, -0.05) is 0 Å². The van der Waals surface area contributed by atoms with Gasteiger partial charge >= 0.3 is 12.3 Å². The fourth-order valence-electron chi connectivity index (χ4n) is 3.80. The largest absolute Gasteiger partial charge is 0.444 e. The lowest BCUT2D eigenvalue weighted by molar-refractivity contribution is -0.137. The van der Waals surface area contributed by atoms with Crippen LogP contribution in [0.5, 0.6) is 0 Å². The normalized spacial score (nSPS) is 20.2. The Morgan fingerprint density at radius 3 is 2.37 bits per heavy atom. The van der Waals surface area contributed by atoms with Gasteiger partial charge in [0.2, 0.25) is 0 Å². The first-order chi connectivity index (χ1) is 12.5. The molecule has 0 N–H and O–H groups in total. The predicted octanol–water partition coefficient (Wildman–Crippen LogP) is 4.33. The summed E-state index contributed by atoms with van der Waals surface area (Å²) >= 11 is 0. The molecule has 1 amide bonds. The standard InChI is InChI=1S/C19H26F3N3O2/c1-17(2,3)27-16(26)25-11-7-18(13-25)5-9-24(10-6-18)15-12-14(4-8-23-15)19(20,21)22/h4,8,12H,5-7,9-11,13H2,1-3H3. The van der Waals surface area contributed by atoms with Crippen LogP contribution in [0.25, 0.3) is 0 Å². The van der Waals surface area contributed by atoms with E-state index in [1.54, 1.807) is 4.90 Å². The van der Waals surface area contributed by atoms with Crippen molar-refractivity contribution in [1.82, 2.24) is 9.88 Å². The number of nitrogens with zero attached hydrogens (tertiary/aromatic N) is 3. The van der Waals surface area contributed by atoms with Crippen molar-refractivity contribution in [3.8, 4) is 0 Å². The van der Waals surface area contributed by atoms with Gasteiger partial charge in [0, 0.05) is 32.4 Å². The molecule has 2 saturated heterocycles. The lowest BCUT2D eigenvalue weighted by Gasteiger charge is -2.40. The summed E-state index contributed by atoms with van der Waals surface area (Å²) in [6, 6.07) is 2.10. The molecule has 0 radical (unpaired) electrons. The molecule has 1 aromatic heterocycles. The minimum atomic E-state index is -4.37. The van der Waals surface area contributed by atoms with Crippen molar-refractivity contribution >= 4 is 11.9 Å². The molecule has 5 nitrogen and oxygen atoms in total. The summed E-state index contributed by atoms with van der Waals surface area (Å²) in [6.07, 6.45) is -0.901. The number of hydrogen-bond donors (Lipinski definition) is 0. The Morgan fingerprint density at radius 1 is 1.15 bits per heavy atom. The third-order valence-corrected chi connectivity index (χ3v) is 5.31. The van der Waals surface area contributed by atoms with E-state index in [2.05, 4.69) is 4.98 Å². The van der Waals surface area contributed by atoms with E-state index in [0.717, 1.165) is 31.4 Å². The third kappa shape index (κ3) is 4.65. The highest BCUT2D eigenvalue weighted by Crippen LogP contribution is 2.42. The van der Waals surface area contributed by atoms with Crippen LogP contribution < -0.4 is 4.90 Å². The summed E-state index contributed by atoms with van der Waals surface area (Å²) in [6.45, 7) is 8.11. The highest BCUT2D eigenvalue weighted by molar-refractivity contribution is 5.68. The second kappa shape index (κ2) is 6.87. The number of amides is 1. The Hall–Kier alpha value is -1.99. The first-order valence-corrected chi connectivity index (χ1v) is 9.24. The minimum Gasteiger partial charge on any atom is -0.444 e. The zero-order valence-corrected chi connectivity index (χ0v) is 16.0. The zero-order chi connectivity index (χ0) is 19.9. The molecule has 0 aromatic carbocycles.